The Morgan fingerprint density at radius 3 is 2.55 bits per heavy atom. The summed E-state index contributed by atoms with van der Waals surface area (Å²) in [7, 11) is -2.63. The molecule has 10 heteroatoms. The minimum atomic E-state index is -4.05. The summed E-state index contributed by atoms with van der Waals surface area (Å²) in [5.41, 5.74) is 1.07. The van der Waals surface area contributed by atoms with Crippen LogP contribution in [0, 0.1) is 6.92 Å². The van der Waals surface area contributed by atoms with E-state index in [9.17, 15) is 18.3 Å². The molecule has 0 bridgehead atoms. The fourth-order valence-corrected chi connectivity index (χ4v) is 4.63. The molecule has 3 aromatic carbocycles. The summed E-state index contributed by atoms with van der Waals surface area (Å²) < 4.78 is 39.1. The number of hydrogen-bond donors (Lipinski definition) is 3. The van der Waals surface area contributed by atoms with Crippen LogP contribution in [0.2, 0.25) is 5.02 Å². The number of rotatable bonds is 6. The van der Waals surface area contributed by atoms with Gasteiger partial charge in [-0.05, 0) is 43.3 Å². The number of sulfonamides is 1. The van der Waals surface area contributed by atoms with E-state index in [4.69, 9.17) is 20.8 Å². The van der Waals surface area contributed by atoms with Gasteiger partial charge >= 0.3 is 0 Å². The molecule has 0 atom stereocenters. The Kier molecular flexibility index (Phi) is 5.92. The smallest absolute Gasteiger partial charge is 0.291 e. The SMILES string of the molecule is COc1ccccc1NS(=O)(=O)c1ccc(O)c(NC(=O)c2oc3c(Cl)cccc3c2C)c1. The van der Waals surface area contributed by atoms with Gasteiger partial charge in [0.2, 0.25) is 0 Å². The second-order valence-electron chi connectivity index (χ2n) is 7.11. The van der Waals surface area contributed by atoms with Crippen molar-refractivity contribution in [2.75, 3.05) is 17.1 Å². The monoisotopic (exact) mass is 486 g/mol. The third-order valence-corrected chi connectivity index (χ3v) is 6.66. The molecule has 0 aliphatic heterocycles. The lowest BCUT2D eigenvalue weighted by Crippen LogP contribution is -2.15. The van der Waals surface area contributed by atoms with Crippen LogP contribution in [0.15, 0.2) is 70.0 Å². The van der Waals surface area contributed by atoms with Crippen LogP contribution < -0.4 is 14.8 Å². The standard InChI is InChI=1S/C23H19ClN2O6S/c1-13-15-6-5-7-16(24)22(15)32-21(13)23(28)25-18-12-14(10-11-19(18)27)33(29,30)26-17-8-3-4-9-20(17)31-2/h3-12,26-27H,1-2H3,(H,25,28). The normalized spacial score (nSPS) is 11.4. The highest BCUT2D eigenvalue weighted by Gasteiger charge is 2.22. The molecule has 4 rings (SSSR count). The van der Waals surface area contributed by atoms with E-state index < -0.39 is 15.9 Å². The van der Waals surface area contributed by atoms with Gasteiger partial charge in [0.1, 0.15) is 11.5 Å². The number of ether oxygens (including phenoxy) is 1. The number of nitrogens with one attached hydrogen (secondary N) is 2. The first kappa shape index (κ1) is 22.5. The minimum Gasteiger partial charge on any atom is -0.506 e. The maximum atomic E-state index is 12.9. The molecule has 0 fully saturated rings. The number of carbonyl (C=O) groups is 1. The largest absolute Gasteiger partial charge is 0.506 e. The molecule has 1 amide bonds. The minimum absolute atomic E-state index is 0.00194. The van der Waals surface area contributed by atoms with E-state index in [1.165, 1.54) is 19.2 Å². The molecule has 4 aromatic rings. The molecule has 170 valence electrons. The van der Waals surface area contributed by atoms with Gasteiger partial charge in [-0.3, -0.25) is 9.52 Å². The van der Waals surface area contributed by atoms with E-state index in [0.29, 0.717) is 27.3 Å². The Balaban J connectivity index is 1.65. The Morgan fingerprint density at radius 1 is 1.06 bits per heavy atom. The molecule has 3 N–H and O–H groups in total. The molecule has 0 saturated heterocycles. The molecule has 1 heterocycles. The molecular weight excluding hydrogens is 468 g/mol. The number of hydrogen-bond acceptors (Lipinski definition) is 6. The first-order valence-electron chi connectivity index (χ1n) is 9.69. The van der Waals surface area contributed by atoms with Crippen LogP contribution in [-0.2, 0) is 10.0 Å². The van der Waals surface area contributed by atoms with E-state index in [0.717, 1.165) is 6.07 Å². The lowest BCUT2D eigenvalue weighted by molar-refractivity contribution is 0.0997. The van der Waals surface area contributed by atoms with Crippen molar-refractivity contribution >= 4 is 49.9 Å². The number of amides is 1. The van der Waals surface area contributed by atoms with Crippen LogP contribution >= 0.6 is 11.6 Å². The van der Waals surface area contributed by atoms with Gasteiger partial charge in [-0.15, -0.1) is 0 Å². The number of phenolic OH excluding ortho intramolecular Hbond substituents is 1. The Labute approximate surface area is 194 Å². The van der Waals surface area contributed by atoms with Crippen molar-refractivity contribution < 1.29 is 27.5 Å². The fourth-order valence-electron chi connectivity index (χ4n) is 3.32. The van der Waals surface area contributed by atoms with Crippen LogP contribution in [0.4, 0.5) is 11.4 Å². The third kappa shape index (κ3) is 4.33. The number of aromatic hydroxyl groups is 1. The third-order valence-electron chi connectivity index (χ3n) is 5.00. The first-order chi connectivity index (χ1) is 15.7. The molecule has 0 radical (unpaired) electrons. The average molecular weight is 487 g/mol. The number of benzene rings is 3. The number of fused-ring (bicyclic) bond motifs is 1. The second-order valence-corrected chi connectivity index (χ2v) is 9.20. The maximum Gasteiger partial charge on any atom is 0.291 e. The van der Waals surface area contributed by atoms with Gasteiger partial charge in [0.15, 0.2) is 11.3 Å². The lowest BCUT2D eigenvalue weighted by Gasteiger charge is -2.13. The van der Waals surface area contributed by atoms with Crippen LogP contribution in [0.25, 0.3) is 11.0 Å². The fraction of sp³-hybridized carbons (Fsp3) is 0.0870. The number of carbonyl (C=O) groups excluding carboxylic acids is 1. The van der Waals surface area contributed by atoms with E-state index in [1.54, 1.807) is 49.4 Å². The summed E-state index contributed by atoms with van der Waals surface area (Å²) >= 11 is 6.14. The summed E-state index contributed by atoms with van der Waals surface area (Å²) in [6.45, 7) is 1.70. The number of aryl methyl sites for hydroxylation is 1. The quantitative estimate of drug-likeness (QED) is 0.324. The van der Waals surface area contributed by atoms with Crippen molar-refractivity contribution in [2.45, 2.75) is 11.8 Å². The molecule has 0 saturated carbocycles. The number of methoxy groups -OCH3 is 1. The molecule has 0 aliphatic rings. The summed E-state index contributed by atoms with van der Waals surface area (Å²) in [6, 6.07) is 15.2. The maximum absolute atomic E-state index is 12.9. The summed E-state index contributed by atoms with van der Waals surface area (Å²) in [6.07, 6.45) is 0. The number of para-hydroxylation sites is 3. The molecule has 0 aliphatic carbocycles. The predicted molar refractivity (Wildman–Crippen MR) is 126 cm³/mol. The van der Waals surface area contributed by atoms with Crippen LogP contribution in [0.1, 0.15) is 16.1 Å². The topological polar surface area (TPSA) is 118 Å². The highest BCUT2D eigenvalue weighted by Crippen LogP contribution is 2.33. The first-order valence-corrected chi connectivity index (χ1v) is 11.5. The van der Waals surface area contributed by atoms with Crippen LogP contribution in [0.3, 0.4) is 0 Å². The van der Waals surface area contributed by atoms with E-state index >= 15 is 0 Å². The molecule has 1 aromatic heterocycles. The summed E-state index contributed by atoms with van der Waals surface area (Å²) in [5, 5.41) is 13.8. The van der Waals surface area contributed by atoms with Gasteiger partial charge in [0.05, 0.1) is 28.4 Å². The zero-order chi connectivity index (χ0) is 23.8. The Hall–Kier alpha value is -3.69. The summed E-state index contributed by atoms with van der Waals surface area (Å²) in [5.74, 6) is -0.640. The van der Waals surface area contributed by atoms with E-state index in [-0.39, 0.29) is 27.8 Å². The van der Waals surface area contributed by atoms with Crippen molar-refractivity contribution in [1.29, 1.82) is 0 Å². The highest BCUT2D eigenvalue weighted by atomic mass is 35.5. The van der Waals surface area contributed by atoms with Gasteiger partial charge in [-0.2, -0.15) is 0 Å². The zero-order valence-electron chi connectivity index (χ0n) is 17.5. The highest BCUT2D eigenvalue weighted by molar-refractivity contribution is 7.92. The molecule has 8 nitrogen and oxygen atoms in total. The molecule has 0 spiro atoms. The molecule has 0 unspecified atom stereocenters. The van der Waals surface area contributed by atoms with Gasteiger partial charge < -0.3 is 19.6 Å². The average Bonchev–Trinajstić information content (AvgIpc) is 3.13. The Morgan fingerprint density at radius 2 is 1.82 bits per heavy atom. The van der Waals surface area contributed by atoms with Crippen LogP contribution in [-0.4, -0.2) is 26.5 Å². The van der Waals surface area contributed by atoms with Crippen LogP contribution in [0.5, 0.6) is 11.5 Å². The summed E-state index contributed by atoms with van der Waals surface area (Å²) in [4.78, 5) is 12.7. The second kappa shape index (κ2) is 8.68. The number of halogens is 1. The van der Waals surface area contributed by atoms with Crippen molar-refractivity contribution in [1.82, 2.24) is 0 Å². The number of furan rings is 1. The predicted octanol–water partition coefficient (Wildman–Crippen LogP) is 5.16. The number of anilines is 2. The lowest BCUT2D eigenvalue weighted by atomic mass is 10.1. The Bertz CT molecular complexity index is 1480. The number of phenols is 1. The van der Waals surface area contributed by atoms with Gasteiger partial charge in [0.25, 0.3) is 15.9 Å². The molecular formula is C23H19ClN2O6S. The van der Waals surface area contributed by atoms with Crippen molar-refractivity contribution in [3.63, 3.8) is 0 Å². The van der Waals surface area contributed by atoms with Gasteiger partial charge in [-0.1, -0.05) is 35.9 Å². The van der Waals surface area contributed by atoms with Crippen molar-refractivity contribution in [3.05, 3.63) is 77.0 Å². The zero-order valence-corrected chi connectivity index (χ0v) is 19.1. The van der Waals surface area contributed by atoms with Crippen molar-refractivity contribution in [2.24, 2.45) is 0 Å². The van der Waals surface area contributed by atoms with Crippen molar-refractivity contribution in [3.8, 4) is 11.5 Å². The van der Waals surface area contributed by atoms with Gasteiger partial charge in [-0.25, -0.2) is 8.42 Å². The van der Waals surface area contributed by atoms with E-state index in [2.05, 4.69) is 10.0 Å². The molecule has 33 heavy (non-hydrogen) atoms. The van der Waals surface area contributed by atoms with E-state index in [1.807, 2.05) is 0 Å². The van der Waals surface area contributed by atoms with Gasteiger partial charge in [0, 0.05) is 10.9 Å².